The highest BCUT2D eigenvalue weighted by Crippen LogP contribution is 2.28. The molecule has 0 aliphatic heterocycles. The molecular formula is C10H7F3N2O3. The van der Waals surface area contributed by atoms with E-state index in [1.807, 2.05) is 0 Å². The Labute approximate surface area is 99.5 Å². The first-order valence-corrected chi connectivity index (χ1v) is 4.67. The van der Waals surface area contributed by atoms with Crippen molar-refractivity contribution in [3.8, 4) is 11.8 Å². The van der Waals surface area contributed by atoms with Gasteiger partial charge in [0.2, 0.25) is 0 Å². The van der Waals surface area contributed by atoms with Crippen molar-refractivity contribution in [3.63, 3.8) is 0 Å². The molecule has 0 saturated heterocycles. The van der Waals surface area contributed by atoms with E-state index in [1.165, 1.54) is 6.07 Å². The average Bonchev–Trinajstić information content (AvgIpc) is 2.27. The molecule has 0 aromatic heterocycles. The van der Waals surface area contributed by atoms with E-state index >= 15 is 0 Å². The lowest BCUT2D eigenvalue weighted by molar-refractivity contribution is -0.385. The molecular weight excluding hydrogens is 253 g/mol. The lowest BCUT2D eigenvalue weighted by Crippen LogP contribution is -2.31. The first-order valence-electron chi connectivity index (χ1n) is 4.67. The van der Waals surface area contributed by atoms with Crippen LogP contribution in [0.25, 0.3) is 0 Å². The lowest BCUT2D eigenvalue weighted by Gasteiger charge is -2.17. The highest BCUT2D eigenvalue weighted by Gasteiger charge is 2.38. The standard InChI is InChI=1S/C10H7F3N2O3/c1-6(10(11,12)13)18-8-2-3-9(15(16)17)7(4-8)5-14/h2-4,6H,1H3. The molecule has 8 heteroatoms. The number of rotatable bonds is 3. The van der Waals surface area contributed by atoms with Crippen LogP contribution in [-0.2, 0) is 0 Å². The summed E-state index contributed by atoms with van der Waals surface area (Å²) in [7, 11) is 0. The number of halogens is 3. The minimum absolute atomic E-state index is 0.248. The topological polar surface area (TPSA) is 76.2 Å². The van der Waals surface area contributed by atoms with Gasteiger partial charge in [-0.15, -0.1) is 0 Å². The molecule has 0 radical (unpaired) electrons. The second-order valence-corrected chi connectivity index (χ2v) is 3.35. The SMILES string of the molecule is CC(Oc1ccc([N+](=O)[O-])c(C#N)c1)C(F)(F)F. The third kappa shape index (κ3) is 3.10. The molecule has 1 rings (SSSR count). The quantitative estimate of drug-likeness (QED) is 0.618. The van der Waals surface area contributed by atoms with Gasteiger partial charge in [0.25, 0.3) is 5.69 Å². The van der Waals surface area contributed by atoms with E-state index in [0.717, 1.165) is 25.1 Å². The van der Waals surface area contributed by atoms with Gasteiger partial charge in [-0.2, -0.15) is 18.4 Å². The zero-order valence-corrected chi connectivity index (χ0v) is 9.06. The third-order valence-corrected chi connectivity index (χ3v) is 2.06. The fourth-order valence-electron chi connectivity index (χ4n) is 1.11. The highest BCUT2D eigenvalue weighted by molar-refractivity contribution is 5.52. The van der Waals surface area contributed by atoms with E-state index in [1.54, 1.807) is 0 Å². The maximum Gasteiger partial charge on any atom is 0.425 e. The van der Waals surface area contributed by atoms with Crippen LogP contribution in [0.3, 0.4) is 0 Å². The van der Waals surface area contributed by atoms with Gasteiger partial charge in [-0.25, -0.2) is 0 Å². The molecule has 18 heavy (non-hydrogen) atoms. The van der Waals surface area contributed by atoms with Crippen molar-refractivity contribution in [2.75, 3.05) is 0 Å². The Kier molecular flexibility index (Phi) is 3.76. The van der Waals surface area contributed by atoms with Gasteiger partial charge in [0.15, 0.2) is 6.10 Å². The van der Waals surface area contributed by atoms with Gasteiger partial charge in [0.1, 0.15) is 17.4 Å². The summed E-state index contributed by atoms with van der Waals surface area (Å²) in [6.07, 6.45) is -6.61. The van der Waals surface area contributed by atoms with E-state index in [4.69, 9.17) is 5.26 Å². The predicted molar refractivity (Wildman–Crippen MR) is 54.0 cm³/mol. The Morgan fingerprint density at radius 2 is 2.11 bits per heavy atom. The minimum Gasteiger partial charge on any atom is -0.481 e. The van der Waals surface area contributed by atoms with Crippen LogP contribution >= 0.6 is 0 Å². The monoisotopic (exact) mass is 260 g/mol. The van der Waals surface area contributed by atoms with Gasteiger partial charge in [0.05, 0.1) is 4.92 Å². The number of nitro groups is 1. The van der Waals surface area contributed by atoms with E-state index in [2.05, 4.69) is 4.74 Å². The number of alkyl halides is 3. The fourth-order valence-corrected chi connectivity index (χ4v) is 1.11. The van der Waals surface area contributed by atoms with Crippen molar-refractivity contribution in [2.45, 2.75) is 19.2 Å². The number of nitrogens with zero attached hydrogens (tertiary/aromatic N) is 2. The van der Waals surface area contributed by atoms with Crippen LogP contribution in [0.1, 0.15) is 12.5 Å². The van der Waals surface area contributed by atoms with Crippen LogP contribution < -0.4 is 4.74 Å². The zero-order valence-electron chi connectivity index (χ0n) is 9.06. The van der Waals surface area contributed by atoms with Crippen molar-refractivity contribution in [1.29, 1.82) is 5.26 Å². The minimum atomic E-state index is -4.55. The van der Waals surface area contributed by atoms with Crippen molar-refractivity contribution in [1.82, 2.24) is 0 Å². The Morgan fingerprint density at radius 3 is 2.56 bits per heavy atom. The van der Waals surface area contributed by atoms with Gasteiger partial charge >= 0.3 is 6.18 Å². The summed E-state index contributed by atoms with van der Waals surface area (Å²) in [5.41, 5.74) is -0.837. The Morgan fingerprint density at radius 1 is 1.50 bits per heavy atom. The summed E-state index contributed by atoms with van der Waals surface area (Å²) in [5, 5.41) is 19.2. The average molecular weight is 260 g/mol. The Balaban J connectivity index is 3.01. The molecule has 1 unspecified atom stereocenters. The molecule has 96 valence electrons. The number of hydrogen-bond acceptors (Lipinski definition) is 4. The van der Waals surface area contributed by atoms with E-state index in [9.17, 15) is 23.3 Å². The summed E-state index contributed by atoms with van der Waals surface area (Å²) >= 11 is 0. The van der Waals surface area contributed by atoms with Crippen molar-refractivity contribution >= 4 is 5.69 Å². The second kappa shape index (κ2) is 4.91. The molecule has 1 atom stereocenters. The Hall–Kier alpha value is -2.30. The molecule has 1 aromatic rings. The smallest absolute Gasteiger partial charge is 0.425 e. The maximum atomic E-state index is 12.2. The third-order valence-electron chi connectivity index (χ3n) is 2.06. The number of hydrogen-bond donors (Lipinski definition) is 0. The number of nitro benzene ring substituents is 1. The molecule has 0 spiro atoms. The van der Waals surface area contributed by atoms with Crippen LogP contribution in [0.5, 0.6) is 5.75 Å². The molecule has 0 heterocycles. The largest absolute Gasteiger partial charge is 0.481 e. The summed E-state index contributed by atoms with van der Waals surface area (Å²) in [6.45, 7) is 0.799. The van der Waals surface area contributed by atoms with Crippen molar-refractivity contribution in [2.24, 2.45) is 0 Å². The van der Waals surface area contributed by atoms with E-state index < -0.39 is 22.9 Å². The molecule has 0 bridgehead atoms. The molecule has 0 fully saturated rings. The lowest BCUT2D eigenvalue weighted by atomic mass is 10.2. The molecule has 0 aliphatic carbocycles. The number of nitriles is 1. The van der Waals surface area contributed by atoms with Gasteiger partial charge in [0, 0.05) is 12.1 Å². The van der Waals surface area contributed by atoms with Gasteiger partial charge < -0.3 is 4.74 Å². The summed E-state index contributed by atoms with van der Waals surface area (Å²) in [5.74, 6) is -0.248. The molecule has 0 aliphatic rings. The van der Waals surface area contributed by atoms with Crippen molar-refractivity contribution in [3.05, 3.63) is 33.9 Å². The highest BCUT2D eigenvalue weighted by atomic mass is 19.4. The molecule has 1 aromatic carbocycles. The van der Waals surface area contributed by atoms with Crippen LogP contribution in [0.4, 0.5) is 18.9 Å². The number of ether oxygens (including phenoxy) is 1. The first kappa shape index (κ1) is 13.8. The fraction of sp³-hybridized carbons (Fsp3) is 0.300. The molecule has 0 amide bonds. The van der Waals surface area contributed by atoms with E-state index in [-0.39, 0.29) is 11.3 Å². The summed E-state index contributed by atoms with van der Waals surface area (Å²) in [4.78, 5) is 9.71. The first-order chi connectivity index (χ1) is 8.25. The van der Waals surface area contributed by atoms with Crippen molar-refractivity contribution < 1.29 is 22.8 Å². The number of benzene rings is 1. The zero-order chi connectivity index (χ0) is 13.9. The maximum absolute atomic E-state index is 12.2. The van der Waals surface area contributed by atoms with Gasteiger partial charge in [-0.3, -0.25) is 10.1 Å². The Bertz CT molecular complexity index is 508. The normalized spacial score (nSPS) is 12.6. The molecule has 0 saturated carbocycles. The van der Waals surface area contributed by atoms with Gasteiger partial charge in [-0.05, 0) is 13.0 Å². The van der Waals surface area contributed by atoms with Crippen LogP contribution in [-0.4, -0.2) is 17.2 Å². The molecule has 5 nitrogen and oxygen atoms in total. The second-order valence-electron chi connectivity index (χ2n) is 3.35. The summed E-state index contributed by atoms with van der Waals surface area (Å²) < 4.78 is 41.2. The summed E-state index contributed by atoms with van der Waals surface area (Å²) in [6, 6.07) is 4.37. The molecule has 0 N–H and O–H groups in total. The van der Waals surface area contributed by atoms with Crippen LogP contribution in [0.15, 0.2) is 18.2 Å². The van der Waals surface area contributed by atoms with E-state index in [0.29, 0.717) is 0 Å². The van der Waals surface area contributed by atoms with Crippen LogP contribution in [0.2, 0.25) is 0 Å². The predicted octanol–water partition coefficient (Wildman–Crippen LogP) is 2.80. The van der Waals surface area contributed by atoms with Gasteiger partial charge in [-0.1, -0.05) is 0 Å². The van der Waals surface area contributed by atoms with Crippen LogP contribution in [0, 0.1) is 21.4 Å².